The Labute approximate surface area is 131 Å². The van der Waals surface area contributed by atoms with Crippen LogP contribution in [0.4, 0.5) is 0 Å². The lowest BCUT2D eigenvalue weighted by molar-refractivity contribution is 0.123. The molecule has 2 unspecified atom stereocenters. The van der Waals surface area contributed by atoms with E-state index < -0.39 is 0 Å². The van der Waals surface area contributed by atoms with E-state index in [-0.39, 0.29) is 0 Å². The van der Waals surface area contributed by atoms with Gasteiger partial charge in [-0.15, -0.1) is 0 Å². The third-order valence-electron chi connectivity index (χ3n) is 4.54. The first-order valence-electron chi connectivity index (χ1n) is 8.91. The van der Waals surface area contributed by atoms with Gasteiger partial charge in [-0.25, -0.2) is 0 Å². The van der Waals surface area contributed by atoms with Crippen molar-refractivity contribution >= 4 is 0 Å². The Balaban J connectivity index is 1.94. The van der Waals surface area contributed by atoms with Crippen molar-refractivity contribution in [2.75, 3.05) is 72.0 Å². The van der Waals surface area contributed by atoms with Crippen molar-refractivity contribution in [1.82, 2.24) is 20.0 Å². The molecule has 0 spiro atoms. The molecular weight excluding hydrogens is 260 g/mol. The Hall–Kier alpha value is -0.160. The molecule has 4 nitrogen and oxygen atoms in total. The standard InChI is InChI=1S/C17H36N4/c1-17(2,3)16-21-10-5-9-19-11-7-18-6-4-8-20(13-12-19)14-15-21/h18H,4-16H2,1-3H3. The average Bonchev–Trinajstić information content (AvgIpc) is 2.42. The van der Waals surface area contributed by atoms with E-state index in [4.69, 9.17) is 0 Å². The monoisotopic (exact) mass is 296 g/mol. The molecular formula is C17H36N4. The molecule has 1 N–H and O–H groups in total. The molecule has 0 amide bonds. The van der Waals surface area contributed by atoms with Crippen LogP contribution in [0.15, 0.2) is 0 Å². The largest absolute Gasteiger partial charge is 0.315 e. The van der Waals surface area contributed by atoms with Crippen LogP contribution in [0.5, 0.6) is 0 Å². The van der Waals surface area contributed by atoms with Crippen molar-refractivity contribution in [3.05, 3.63) is 0 Å². The summed E-state index contributed by atoms with van der Waals surface area (Å²) in [7, 11) is 0. The molecule has 2 fully saturated rings. The van der Waals surface area contributed by atoms with Gasteiger partial charge in [0.05, 0.1) is 0 Å². The molecule has 0 aromatic heterocycles. The molecule has 2 bridgehead atoms. The molecule has 2 atom stereocenters. The maximum Gasteiger partial charge on any atom is 0.0110 e. The minimum absolute atomic E-state index is 0.407. The highest BCUT2D eigenvalue weighted by Gasteiger charge is 2.19. The summed E-state index contributed by atoms with van der Waals surface area (Å²) >= 11 is 0. The van der Waals surface area contributed by atoms with Crippen LogP contribution in [0.1, 0.15) is 33.6 Å². The molecule has 0 aliphatic carbocycles. The van der Waals surface area contributed by atoms with E-state index in [1.807, 2.05) is 0 Å². The van der Waals surface area contributed by atoms with Gasteiger partial charge in [-0.3, -0.25) is 0 Å². The van der Waals surface area contributed by atoms with Crippen LogP contribution >= 0.6 is 0 Å². The van der Waals surface area contributed by atoms with Gasteiger partial charge in [-0.2, -0.15) is 0 Å². The number of fused-ring (bicyclic) bond motifs is 3. The van der Waals surface area contributed by atoms with Gasteiger partial charge < -0.3 is 20.0 Å². The first-order valence-corrected chi connectivity index (χ1v) is 8.91. The summed E-state index contributed by atoms with van der Waals surface area (Å²) in [5, 5.41) is 3.59. The third-order valence-corrected chi connectivity index (χ3v) is 4.54. The lowest BCUT2D eigenvalue weighted by Gasteiger charge is -2.36. The van der Waals surface area contributed by atoms with Crippen LogP contribution in [0.3, 0.4) is 0 Å². The number of nitrogens with one attached hydrogen (secondary N) is 1. The minimum Gasteiger partial charge on any atom is -0.315 e. The van der Waals surface area contributed by atoms with E-state index in [1.54, 1.807) is 0 Å². The first-order chi connectivity index (χ1) is 10.0. The summed E-state index contributed by atoms with van der Waals surface area (Å²) < 4.78 is 0. The highest BCUT2D eigenvalue weighted by atomic mass is 15.2. The number of nitrogens with zero attached hydrogens (tertiary/aromatic N) is 3. The van der Waals surface area contributed by atoms with E-state index in [0.717, 1.165) is 6.54 Å². The second-order valence-electron chi connectivity index (χ2n) is 7.98. The fourth-order valence-corrected chi connectivity index (χ4v) is 3.49. The van der Waals surface area contributed by atoms with Crippen LogP contribution in [-0.4, -0.2) is 86.7 Å². The van der Waals surface area contributed by atoms with Gasteiger partial charge in [0.2, 0.25) is 0 Å². The summed E-state index contributed by atoms with van der Waals surface area (Å²) in [6.45, 7) is 20.6. The lowest BCUT2D eigenvalue weighted by Crippen LogP contribution is -2.47. The Morgan fingerprint density at radius 3 is 2.14 bits per heavy atom. The molecule has 0 saturated carbocycles. The molecule has 2 heterocycles. The highest BCUT2D eigenvalue weighted by molar-refractivity contribution is 4.75. The zero-order chi connectivity index (χ0) is 15.1. The Morgan fingerprint density at radius 2 is 1.38 bits per heavy atom. The second kappa shape index (κ2) is 8.47. The second-order valence-corrected chi connectivity index (χ2v) is 7.98. The smallest absolute Gasteiger partial charge is 0.0110 e. The summed E-state index contributed by atoms with van der Waals surface area (Å²) in [5.74, 6) is 0. The summed E-state index contributed by atoms with van der Waals surface area (Å²) in [6.07, 6.45) is 2.61. The fraction of sp³-hybridized carbons (Fsp3) is 1.00. The predicted octanol–water partition coefficient (Wildman–Crippen LogP) is 1.34. The van der Waals surface area contributed by atoms with Gasteiger partial charge in [0.15, 0.2) is 0 Å². The van der Waals surface area contributed by atoms with Gasteiger partial charge in [0.25, 0.3) is 0 Å². The van der Waals surface area contributed by atoms with E-state index >= 15 is 0 Å². The summed E-state index contributed by atoms with van der Waals surface area (Å²) in [6, 6.07) is 0. The van der Waals surface area contributed by atoms with Crippen LogP contribution in [0.25, 0.3) is 0 Å². The normalized spacial score (nSPS) is 31.0. The molecule has 2 aliphatic heterocycles. The third kappa shape index (κ3) is 7.09. The first kappa shape index (κ1) is 17.2. The van der Waals surface area contributed by atoms with E-state index in [1.165, 1.54) is 78.3 Å². The van der Waals surface area contributed by atoms with Gasteiger partial charge in [-0.05, 0) is 44.4 Å². The Bertz CT molecular complexity index is 287. The molecule has 2 rings (SSSR count). The number of rotatable bonds is 1. The SMILES string of the molecule is CC(C)(C)CN1CCCN2CCNCCCN(CC2)CC1. The van der Waals surface area contributed by atoms with E-state index in [9.17, 15) is 0 Å². The summed E-state index contributed by atoms with van der Waals surface area (Å²) in [4.78, 5) is 8.04. The molecule has 0 aromatic rings. The van der Waals surface area contributed by atoms with Crippen LogP contribution < -0.4 is 5.32 Å². The molecule has 0 aromatic carbocycles. The zero-order valence-electron chi connectivity index (χ0n) is 14.5. The predicted molar refractivity (Wildman–Crippen MR) is 90.9 cm³/mol. The van der Waals surface area contributed by atoms with Gasteiger partial charge in [-0.1, -0.05) is 20.8 Å². The number of hydrogen-bond donors (Lipinski definition) is 1. The van der Waals surface area contributed by atoms with Gasteiger partial charge in [0, 0.05) is 45.8 Å². The van der Waals surface area contributed by atoms with E-state index in [2.05, 4.69) is 40.8 Å². The van der Waals surface area contributed by atoms with Crippen molar-refractivity contribution in [2.45, 2.75) is 33.6 Å². The number of hydrogen-bond acceptors (Lipinski definition) is 4. The Morgan fingerprint density at radius 1 is 0.714 bits per heavy atom. The van der Waals surface area contributed by atoms with E-state index in [0.29, 0.717) is 5.41 Å². The van der Waals surface area contributed by atoms with Crippen LogP contribution in [-0.2, 0) is 0 Å². The van der Waals surface area contributed by atoms with Gasteiger partial charge in [0.1, 0.15) is 0 Å². The van der Waals surface area contributed by atoms with Crippen molar-refractivity contribution in [1.29, 1.82) is 0 Å². The van der Waals surface area contributed by atoms with Crippen molar-refractivity contribution in [3.63, 3.8) is 0 Å². The Kier molecular flexibility index (Phi) is 6.93. The summed E-state index contributed by atoms with van der Waals surface area (Å²) in [5.41, 5.74) is 0.407. The van der Waals surface area contributed by atoms with Crippen molar-refractivity contribution in [2.24, 2.45) is 5.41 Å². The molecule has 4 heteroatoms. The highest BCUT2D eigenvalue weighted by Crippen LogP contribution is 2.16. The maximum atomic E-state index is 3.59. The zero-order valence-corrected chi connectivity index (χ0v) is 14.5. The molecule has 124 valence electrons. The molecule has 0 radical (unpaired) electrons. The van der Waals surface area contributed by atoms with Crippen LogP contribution in [0.2, 0.25) is 0 Å². The quantitative estimate of drug-likeness (QED) is 0.788. The minimum atomic E-state index is 0.407. The molecule has 2 aliphatic rings. The van der Waals surface area contributed by atoms with Crippen LogP contribution in [0, 0.1) is 5.41 Å². The van der Waals surface area contributed by atoms with Crippen molar-refractivity contribution < 1.29 is 0 Å². The average molecular weight is 297 g/mol. The molecule has 2 saturated heterocycles. The fourth-order valence-electron chi connectivity index (χ4n) is 3.49. The molecule has 21 heavy (non-hydrogen) atoms. The topological polar surface area (TPSA) is 21.8 Å². The maximum absolute atomic E-state index is 3.59. The lowest BCUT2D eigenvalue weighted by atomic mass is 9.96. The van der Waals surface area contributed by atoms with Gasteiger partial charge >= 0.3 is 0 Å². The van der Waals surface area contributed by atoms with Crippen molar-refractivity contribution in [3.8, 4) is 0 Å².